The third kappa shape index (κ3) is 2.03. The van der Waals surface area contributed by atoms with Gasteiger partial charge in [0.1, 0.15) is 11.5 Å². The first kappa shape index (κ1) is 11.7. The van der Waals surface area contributed by atoms with E-state index in [9.17, 15) is 19.3 Å². The summed E-state index contributed by atoms with van der Waals surface area (Å²) in [7, 11) is 0. The van der Waals surface area contributed by atoms with E-state index in [1.807, 2.05) is 0 Å². The molecule has 0 atom stereocenters. The molecule has 8 heteroatoms. The number of nitro groups is 1. The summed E-state index contributed by atoms with van der Waals surface area (Å²) < 4.78 is 14.0. The summed E-state index contributed by atoms with van der Waals surface area (Å²) in [4.78, 5) is 20.7. The van der Waals surface area contributed by atoms with E-state index in [1.165, 1.54) is 0 Å². The molecule has 1 aromatic carbocycles. The monoisotopic (exact) mass is 251 g/mol. The molecule has 7 nitrogen and oxygen atoms in total. The predicted molar refractivity (Wildman–Crippen MR) is 57.1 cm³/mol. The van der Waals surface area contributed by atoms with Crippen LogP contribution in [-0.4, -0.2) is 25.8 Å². The molecule has 1 N–H and O–H groups in total. The van der Waals surface area contributed by atoms with E-state index in [4.69, 9.17) is 5.11 Å². The highest BCUT2D eigenvalue weighted by Gasteiger charge is 2.18. The minimum atomic E-state index is -1.22. The molecule has 0 saturated heterocycles. The van der Waals surface area contributed by atoms with Crippen LogP contribution in [0, 0.1) is 15.9 Å². The maximum Gasteiger partial charge on any atom is 0.338 e. The molecule has 18 heavy (non-hydrogen) atoms. The molecule has 92 valence electrons. The van der Waals surface area contributed by atoms with Crippen molar-refractivity contribution in [3.05, 3.63) is 52.1 Å². The second-order valence-corrected chi connectivity index (χ2v) is 3.37. The standard InChI is InChI=1S/C10H6FN3O4/c11-7-1-2-8(14(17)18)9(3-7)13-5-6(4-12-13)10(15)16/h1-5H,(H,15,16). The molecule has 0 fully saturated rings. The van der Waals surface area contributed by atoms with Crippen molar-refractivity contribution in [2.45, 2.75) is 0 Å². The lowest BCUT2D eigenvalue weighted by molar-refractivity contribution is -0.384. The Hall–Kier alpha value is -2.77. The van der Waals surface area contributed by atoms with Crippen molar-refractivity contribution < 1.29 is 19.2 Å². The number of aromatic nitrogens is 2. The van der Waals surface area contributed by atoms with Crippen LogP contribution in [0.2, 0.25) is 0 Å². The molecule has 0 aliphatic carbocycles. The van der Waals surface area contributed by atoms with Gasteiger partial charge in [-0.15, -0.1) is 0 Å². The lowest BCUT2D eigenvalue weighted by Crippen LogP contribution is -2.01. The van der Waals surface area contributed by atoms with Crippen LogP contribution in [0.5, 0.6) is 0 Å². The van der Waals surface area contributed by atoms with Gasteiger partial charge >= 0.3 is 5.97 Å². The van der Waals surface area contributed by atoms with E-state index in [2.05, 4.69) is 5.10 Å². The molecule has 0 saturated carbocycles. The van der Waals surface area contributed by atoms with Crippen LogP contribution < -0.4 is 0 Å². The number of halogens is 1. The minimum absolute atomic E-state index is 0.132. The van der Waals surface area contributed by atoms with Gasteiger partial charge in [-0.25, -0.2) is 13.9 Å². The summed E-state index contributed by atoms with van der Waals surface area (Å²) in [5.74, 6) is -1.90. The molecule has 0 amide bonds. The van der Waals surface area contributed by atoms with Crippen LogP contribution in [0.25, 0.3) is 5.69 Å². The summed E-state index contributed by atoms with van der Waals surface area (Å²) in [6.45, 7) is 0. The van der Waals surface area contributed by atoms with E-state index in [0.29, 0.717) is 0 Å². The number of nitro benzene ring substituents is 1. The number of carboxylic acid groups (broad SMARTS) is 1. The van der Waals surface area contributed by atoms with Crippen molar-refractivity contribution in [3.63, 3.8) is 0 Å². The topological polar surface area (TPSA) is 98.3 Å². The third-order valence-corrected chi connectivity index (χ3v) is 2.21. The van der Waals surface area contributed by atoms with Crippen LogP contribution in [0.15, 0.2) is 30.6 Å². The molecule has 1 heterocycles. The zero-order valence-corrected chi connectivity index (χ0v) is 8.78. The smallest absolute Gasteiger partial charge is 0.338 e. The summed E-state index contributed by atoms with van der Waals surface area (Å²) in [5.41, 5.74) is -0.641. The number of aromatic carboxylic acids is 1. The fraction of sp³-hybridized carbons (Fsp3) is 0. The normalized spacial score (nSPS) is 10.3. The highest BCUT2D eigenvalue weighted by molar-refractivity contribution is 5.87. The average Bonchev–Trinajstić information content (AvgIpc) is 2.77. The maximum atomic E-state index is 13.1. The molecule has 0 aliphatic rings. The third-order valence-electron chi connectivity index (χ3n) is 2.21. The van der Waals surface area contributed by atoms with Crippen molar-refractivity contribution in [3.8, 4) is 5.69 Å². The van der Waals surface area contributed by atoms with Crippen LogP contribution in [0.3, 0.4) is 0 Å². The first-order valence-electron chi connectivity index (χ1n) is 4.71. The van der Waals surface area contributed by atoms with Crippen molar-refractivity contribution in [2.75, 3.05) is 0 Å². The molecule has 0 bridgehead atoms. The summed E-state index contributed by atoms with van der Waals surface area (Å²) in [6, 6.07) is 2.85. The Morgan fingerprint density at radius 2 is 2.22 bits per heavy atom. The quantitative estimate of drug-likeness (QED) is 0.660. The van der Waals surface area contributed by atoms with E-state index >= 15 is 0 Å². The number of carboxylic acids is 1. The minimum Gasteiger partial charge on any atom is -0.478 e. The Labute approximate surface area is 99.2 Å². The molecule has 1 aromatic heterocycles. The Kier molecular flexibility index (Phi) is 2.76. The Balaban J connectivity index is 2.57. The molecule has 0 spiro atoms. The SMILES string of the molecule is O=C(O)c1cnn(-c2cc(F)ccc2[N+](=O)[O-])c1. The second kappa shape index (κ2) is 4.24. The van der Waals surface area contributed by atoms with Gasteiger partial charge in [0.05, 0.1) is 16.7 Å². The molecular weight excluding hydrogens is 245 g/mol. The maximum absolute atomic E-state index is 13.1. The van der Waals surface area contributed by atoms with E-state index in [-0.39, 0.29) is 16.9 Å². The second-order valence-electron chi connectivity index (χ2n) is 3.37. The van der Waals surface area contributed by atoms with E-state index < -0.39 is 16.7 Å². The average molecular weight is 251 g/mol. The van der Waals surface area contributed by atoms with Gasteiger partial charge < -0.3 is 5.11 Å². The Morgan fingerprint density at radius 3 is 2.78 bits per heavy atom. The lowest BCUT2D eigenvalue weighted by atomic mass is 10.2. The largest absolute Gasteiger partial charge is 0.478 e. The molecule has 0 radical (unpaired) electrons. The highest BCUT2D eigenvalue weighted by Crippen LogP contribution is 2.23. The molecule has 2 aromatic rings. The number of hydrogen-bond donors (Lipinski definition) is 1. The number of carbonyl (C=O) groups is 1. The Bertz CT molecular complexity index is 638. The van der Waals surface area contributed by atoms with Crippen molar-refractivity contribution in [1.29, 1.82) is 0 Å². The zero-order valence-electron chi connectivity index (χ0n) is 8.78. The number of benzene rings is 1. The Morgan fingerprint density at radius 1 is 1.50 bits per heavy atom. The van der Waals surface area contributed by atoms with Crippen LogP contribution in [0.1, 0.15) is 10.4 Å². The van der Waals surface area contributed by atoms with Crippen LogP contribution >= 0.6 is 0 Å². The number of hydrogen-bond acceptors (Lipinski definition) is 4. The van der Waals surface area contributed by atoms with E-state index in [1.54, 1.807) is 0 Å². The number of rotatable bonds is 3. The van der Waals surface area contributed by atoms with Gasteiger partial charge in [-0.05, 0) is 6.07 Å². The summed E-state index contributed by atoms with van der Waals surface area (Å²) in [6.07, 6.45) is 2.10. The van der Waals surface area contributed by atoms with Gasteiger partial charge in [0, 0.05) is 18.3 Å². The van der Waals surface area contributed by atoms with Gasteiger partial charge in [-0.1, -0.05) is 0 Å². The van der Waals surface area contributed by atoms with Gasteiger partial charge in [0.25, 0.3) is 5.69 Å². The molecular formula is C10H6FN3O4. The van der Waals surface area contributed by atoms with Crippen LogP contribution in [0.4, 0.5) is 10.1 Å². The fourth-order valence-electron chi connectivity index (χ4n) is 1.40. The van der Waals surface area contributed by atoms with Gasteiger partial charge in [0.15, 0.2) is 0 Å². The van der Waals surface area contributed by atoms with Gasteiger partial charge in [0.2, 0.25) is 0 Å². The highest BCUT2D eigenvalue weighted by atomic mass is 19.1. The predicted octanol–water partition coefficient (Wildman–Crippen LogP) is 1.62. The number of nitrogens with zero attached hydrogens (tertiary/aromatic N) is 3. The molecule has 0 aliphatic heterocycles. The zero-order chi connectivity index (χ0) is 13.3. The van der Waals surface area contributed by atoms with Crippen molar-refractivity contribution in [2.24, 2.45) is 0 Å². The molecule has 0 unspecified atom stereocenters. The summed E-state index contributed by atoms with van der Waals surface area (Å²) in [5, 5.41) is 23.1. The lowest BCUT2D eigenvalue weighted by Gasteiger charge is -2.02. The first-order chi connectivity index (χ1) is 8.49. The molecule has 2 rings (SSSR count). The van der Waals surface area contributed by atoms with Crippen molar-refractivity contribution in [1.82, 2.24) is 9.78 Å². The first-order valence-corrected chi connectivity index (χ1v) is 4.71. The van der Waals surface area contributed by atoms with Crippen LogP contribution in [-0.2, 0) is 0 Å². The van der Waals surface area contributed by atoms with Crippen molar-refractivity contribution >= 4 is 11.7 Å². The summed E-state index contributed by atoms with van der Waals surface area (Å²) >= 11 is 0. The fourth-order valence-corrected chi connectivity index (χ4v) is 1.40. The van der Waals surface area contributed by atoms with Gasteiger partial charge in [-0.2, -0.15) is 5.10 Å². The van der Waals surface area contributed by atoms with Gasteiger partial charge in [-0.3, -0.25) is 10.1 Å². The van der Waals surface area contributed by atoms with E-state index in [0.717, 1.165) is 35.3 Å².